The van der Waals surface area contributed by atoms with Gasteiger partial charge in [0.05, 0.1) is 11.6 Å². The molecule has 0 unspecified atom stereocenters. The molecule has 25 heavy (non-hydrogen) atoms. The molecule has 0 bridgehead atoms. The molecule has 0 aliphatic carbocycles. The van der Waals surface area contributed by atoms with Gasteiger partial charge in [-0.3, -0.25) is 0 Å². The van der Waals surface area contributed by atoms with Crippen molar-refractivity contribution in [1.29, 1.82) is 0 Å². The number of benzene rings is 2. The van der Waals surface area contributed by atoms with Crippen LogP contribution < -0.4 is 4.74 Å². The van der Waals surface area contributed by atoms with Gasteiger partial charge in [0.15, 0.2) is 0 Å². The van der Waals surface area contributed by atoms with E-state index < -0.39 is 17.8 Å². The summed E-state index contributed by atoms with van der Waals surface area (Å²) in [6.45, 7) is 1.62. The van der Waals surface area contributed by atoms with Crippen molar-refractivity contribution in [3.63, 3.8) is 0 Å². The molecule has 0 N–H and O–H groups in total. The monoisotopic (exact) mass is 367 g/mol. The van der Waals surface area contributed by atoms with Crippen molar-refractivity contribution >= 4 is 11.6 Å². The molecule has 2 aromatic carbocycles. The summed E-state index contributed by atoms with van der Waals surface area (Å²) in [5.41, 5.74) is -0.691. The Balaban J connectivity index is 1.96. The van der Waals surface area contributed by atoms with E-state index in [0.29, 0.717) is 10.8 Å². The lowest BCUT2D eigenvalue weighted by Crippen LogP contribution is -2.15. The molecule has 3 rings (SSSR count). The maximum absolute atomic E-state index is 13.5. The highest BCUT2D eigenvalue weighted by Crippen LogP contribution is 2.38. The van der Waals surface area contributed by atoms with Crippen molar-refractivity contribution in [2.45, 2.75) is 19.1 Å². The van der Waals surface area contributed by atoms with E-state index in [9.17, 15) is 13.2 Å². The highest BCUT2D eigenvalue weighted by atomic mass is 35.5. The van der Waals surface area contributed by atoms with Crippen LogP contribution in [0.25, 0.3) is 0 Å². The highest BCUT2D eigenvalue weighted by molar-refractivity contribution is 6.30. The van der Waals surface area contributed by atoms with Gasteiger partial charge < -0.3 is 4.74 Å². The van der Waals surface area contributed by atoms with Crippen LogP contribution in [0, 0.1) is 0 Å². The summed E-state index contributed by atoms with van der Waals surface area (Å²) in [5, 5.41) is 4.42. The zero-order valence-electron chi connectivity index (χ0n) is 13.0. The molecule has 1 atom stereocenters. The number of aromatic nitrogens is 3. The van der Waals surface area contributed by atoms with E-state index in [1.54, 1.807) is 31.2 Å². The molecular formula is C17H13ClF3N3O. The zero-order valence-corrected chi connectivity index (χ0v) is 13.8. The van der Waals surface area contributed by atoms with Crippen molar-refractivity contribution in [3.8, 4) is 11.5 Å². The Morgan fingerprint density at radius 3 is 2.36 bits per heavy atom. The van der Waals surface area contributed by atoms with Crippen molar-refractivity contribution in [3.05, 3.63) is 71.3 Å². The van der Waals surface area contributed by atoms with Gasteiger partial charge in [-0.25, -0.2) is 9.67 Å². The van der Waals surface area contributed by atoms with Crippen molar-refractivity contribution in [2.75, 3.05) is 0 Å². The first-order chi connectivity index (χ1) is 11.8. The average Bonchev–Trinajstić information content (AvgIpc) is 3.10. The molecular weight excluding hydrogens is 355 g/mol. The second-order valence-electron chi connectivity index (χ2n) is 5.35. The van der Waals surface area contributed by atoms with Crippen LogP contribution in [0.4, 0.5) is 13.2 Å². The number of hydrogen-bond acceptors (Lipinski definition) is 3. The second kappa shape index (κ2) is 6.76. The van der Waals surface area contributed by atoms with E-state index in [-0.39, 0.29) is 11.3 Å². The molecule has 1 heterocycles. The topological polar surface area (TPSA) is 39.9 Å². The Labute approximate surface area is 146 Å². The van der Waals surface area contributed by atoms with Gasteiger partial charge in [-0.15, -0.1) is 0 Å². The molecule has 1 aromatic heterocycles. The predicted octanol–water partition coefficient (Wildman–Crippen LogP) is 5.35. The molecule has 0 spiro atoms. The van der Waals surface area contributed by atoms with Gasteiger partial charge in [-0.2, -0.15) is 18.3 Å². The van der Waals surface area contributed by atoms with E-state index in [0.717, 1.165) is 6.07 Å². The normalized spacial score (nSPS) is 12.8. The Hall–Kier alpha value is -2.54. The molecule has 0 radical (unpaired) electrons. The zero-order chi connectivity index (χ0) is 18.0. The maximum Gasteiger partial charge on any atom is 0.416 e. The molecule has 8 heteroatoms. The summed E-state index contributed by atoms with van der Waals surface area (Å²) in [4.78, 5) is 3.78. The van der Waals surface area contributed by atoms with Crippen LogP contribution in [-0.2, 0) is 6.18 Å². The van der Waals surface area contributed by atoms with Crippen LogP contribution in [-0.4, -0.2) is 14.8 Å². The lowest BCUT2D eigenvalue weighted by Gasteiger charge is -2.19. The summed E-state index contributed by atoms with van der Waals surface area (Å²) in [6.07, 6.45) is -1.87. The largest absolute Gasteiger partial charge is 0.457 e. The predicted molar refractivity (Wildman–Crippen MR) is 86.8 cm³/mol. The fourth-order valence-electron chi connectivity index (χ4n) is 2.41. The van der Waals surface area contributed by atoms with E-state index in [4.69, 9.17) is 16.3 Å². The average molecular weight is 368 g/mol. The van der Waals surface area contributed by atoms with Crippen molar-refractivity contribution in [2.24, 2.45) is 0 Å². The first-order valence-electron chi connectivity index (χ1n) is 7.33. The minimum atomic E-state index is -4.52. The van der Waals surface area contributed by atoms with Gasteiger partial charge in [0.1, 0.15) is 24.2 Å². The number of hydrogen-bond donors (Lipinski definition) is 0. The minimum absolute atomic E-state index is 0.0847. The van der Waals surface area contributed by atoms with Gasteiger partial charge in [-0.1, -0.05) is 17.7 Å². The lowest BCUT2D eigenvalue weighted by atomic mass is 10.0. The van der Waals surface area contributed by atoms with E-state index in [1.807, 2.05) is 0 Å². The van der Waals surface area contributed by atoms with Gasteiger partial charge in [-0.05, 0) is 48.9 Å². The highest BCUT2D eigenvalue weighted by Gasteiger charge is 2.35. The quantitative estimate of drug-likeness (QED) is 0.624. The summed E-state index contributed by atoms with van der Waals surface area (Å²) in [7, 11) is 0. The number of halogens is 4. The molecule has 130 valence electrons. The van der Waals surface area contributed by atoms with Crippen molar-refractivity contribution < 1.29 is 17.9 Å². The molecule has 0 amide bonds. The Morgan fingerprint density at radius 2 is 1.76 bits per heavy atom. The number of rotatable bonds is 4. The lowest BCUT2D eigenvalue weighted by molar-refractivity contribution is -0.138. The van der Waals surface area contributed by atoms with Gasteiger partial charge in [0, 0.05) is 5.02 Å². The molecule has 0 saturated carbocycles. The summed E-state index contributed by atoms with van der Waals surface area (Å²) >= 11 is 5.79. The van der Waals surface area contributed by atoms with Crippen molar-refractivity contribution in [1.82, 2.24) is 14.8 Å². The molecule has 3 aromatic rings. The third-order valence-corrected chi connectivity index (χ3v) is 3.91. The van der Waals surface area contributed by atoms with Gasteiger partial charge in [0.2, 0.25) is 0 Å². The molecule has 0 aliphatic rings. The molecule has 0 fully saturated rings. The standard InChI is InChI=1S/C17H13ClF3N3O/c1-11(24-10-22-9-23-24)15-7-6-14(8-16(15)17(19,20)21)25-13-4-2-12(18)3-5-13/h2-11H,1H3/t11-/m1/s1. The Morgan fingerprint density at radius 1 is 1.08 bits per heavy atom. The van der Waals surface area contributed by atoms with Gasteiger partial charge in [0.25, 0.3) is 0 Å². The van der Waals surface area contributed by atoms with Crippen LogP contribution in [0.3, 0.4) is 0 Å². The molecule has 0 aliphatic heterocycles. The van der Waals surface area contributed by atoms with Crippen LogP contribution in [0.5, 0.6) is 11.5 Å². The summed E-state index contributed by atoms with van der Waals surface area (Å²) < 4.78 is 47.4. The fourth-order valence-corrected chi connectivity index (χ4v) is 2.53. The van der Waals surface area contributed by atoms with E-state index in [1.165, 1.54) is 29.5 Å². The summed E-state index contributed by atoms with van der Waals surface area (Å²) in [5.74, 6) is 0.485. The van der Waals surface area contributed by atoms with Crippen LogP contribution in [0.2, 0.25) is 5.02 Å². The number of ether oxygens (including phenoxy) is 1. The Kier molecular flexibility index (Phi) is 4.67. The SMILES string of the molecule is C[C@H](c1ccc(Oc2ccc(Cl)cc2)cc1C(F)(F)F)n1cncn1. The first kappa shape index (κ1) is 17.3. The maximum atomic E-state index is 13.5. The molecule has 4 nitrogen and oxygen atoms in total. The van der Waals surface area contributed by atoms with E-state index >= 15 is 0 Å². The minimum Gasteiger partial charge on any atom is -0.457 e. The van der Waals surface area contributed by atoms with Gasteiger partial charge >= 0.3 is 6.18 Å². The smallest absolute Gasteiger partial charge is 0.416 e. The van der Waals surface area contributed by atoms with E-state index in [2.05, 4.69) is 10.1 Å². The molecule has 0 saturated heterocycles. The Bertz CT molecular complexity index is 849. The third-order valence-electron chi connectivity index (χ3n) is 3.66. The van der Waals surface area contributed by atoms with Crippen LogP contribution >= 0.6 is 11.6 Å². The number of alkyl halides is 3. The summed E-state index contributed by atoms with van der Waals surface area (Å²) in [6, 6.07) is 9.61. The first-order valence-corrected chi connectivity index (χ1v) is 7.71. The van der Waals surface area contributed by atoms with Crippen LogP contribution in [0.1, 0.15) is 24.1 Å². The second-order valence-corrected chi connectivity index (χ2v) is 5.79. The number of nitrogens with zero attached hydrogens (tertiary/aromatic N) is 3. The fraction of sp³-hybridized carbons (Fsp3) is 0.176. The third kappa shape index (κ3) is 3.93. The van der Waals surface area contributed by atoms with Crippen LogP contribution in [0.15, 0.2) is 55.1 Å².